The number of halogens is 2. The third-order valence-corrected chi connectivity index (χ3v) is 6.64. The van der Waals surface area contributed by atoms with E-state index in [-0.39, 0.29) is 23.6 Å². The molecule has 7 nitrogen and oxygen atoms in total. The minimum Gasteiger partial charge on any atom is -0.383 e. The number of nitrogens with two attached hydrogens (primary N) is 1. The third-order valence-electron chi connectivity index (χ3n) is 6.64. The zero-order valence-corrected chi connectivity index (χ0v) is 21.4. The largest absolute Gasteiger partial charge is 0.383 e. The van der Waals surface area contributed by atoms with Crippen molar-refractivity contribution in [2.24, 2.45) is 0 Å². The number of pyridine rings is 3. The first-order valence-electron chi connectivity index (χ1n) is 12.8. The number of hydrogen-bond donors (Lipinski definition) is 3. The van der Waals surface area contributed by atoms with E-state index in [1.54, 1.807) is 36.8 Å². The highest BCUT2D eigenvalue weighted by Gasteiger charge is 2.18. The van der Waals surface area contributed by atoms with Crippen molar-refractivity contribution in [2.75, 3.05) is 5.73 Å². The normalized spacial score (nSPS) is 11.2. The van der Waals surface area contributed by atoms with Gasteiger partial charge in [0, 0.05) is 66.6 Å². The minimum atomic E-state index is -0.479. The quantitative estimate of drug-likeness (QED) is 0.228. The molecule has 0 bridgehead atoms. The Morgan fingerprint density at radius 2 is 1.68 bits per heavy atom. The molecule has 6 aromatic rings. The number of aromatic amines is 1. The van der Waals surface area contributed by atoms with Gasteiger partial charge in [-0.25, -0.2) is 18.7 Å². The second kappa shape index (κ2) is 11.0. The van der Waals surface area contributed by atoms with Crippen LogP contribution < -0.4 is 11.1 Å². The van der Waals surface area contributed by atoms with E-state index in [2.05, 4.69) is 42.4 Å². The Balaban J connectivity index is 1.26. The first-order chi connectivity index (χ1) is 19.5. The zero-order chi connectivity index (χ0) is 27.5. The summed E-state index contributed by atoms with van der Waals surface area (Å²) in [7, 11) is 0. The van der Waals surface area contributed by atoms with Crippen LogP contribution in [0, 0.1) is 11.6 Å². The first kappa shape index (κ1) is 25.3. The molecular weight excluding hydrogens is 508 g/mol. The zero-order valence-electron chi connectivity index (χ0n) is 21.4. The molecule has 6 rings (SSSR count). The number of nitrogen functional groups attached to an aromatic ring is 1. The summed E-state index contributed by atoms with van der Waals surface area (Å²) in [6.07, 6.45) is 6.50. The van der Waals surface area contributed by atoms with Crippen molar-refractivity contribution in [1.29, 1.82) is 0 Å². The molecule has 0 fully saturated rings. The van der Waals surface area contributed by atoms with Gasteiger partial charge in [0.1, 0.15) is 28.8 Å². The van der Waals surface area contributed by atoms with Crippen LogP contribution in [0.4, 0.5) is 14.6 Å². The van der Waals surface area contributed by atoms with Crippen molar-refractivity contribution in [2.45, 2.75) is 19.5 Å². The van der Waals surface area contributed by atoms with E-state index < -0.39 is 5.82 Å². The molecule has 0 saturated heterocycles. The van der Waals surface area contributed by atoms with Crippen LogP contribution in [0.1, 0.15) is 22.5 Å². The molecule has 0 spiro atoms. The van der Waals surface area contributed by atoms with E-state index >= 15 is 4.39 Å². The van der Waals surface area contributed by atoms with Crippen molar-refractivity contribution in [3.63, 3.8) is 0 Å². The maximum atomic E-state index is 15.9. The van der Waals surface area contributed by atoms with E-state index in [1.807, 2.05) is 24.3 Å². The smallest absolute Gasteiger partial charge is 0.139 e. The summed E-state index contributed by atoms with van der Waals surface area (Å²) < 4.78 is 29.7. The molecule has 198 valence electrons. The van der Waals surface area contributed by atoms with Crippen molar-refractivity contribution in [1.82, 2.24) is 30.2 Å². The van der Waals surface area contributed by atoms with Gasteiger partial charge in [-0.2, -0.15) is 0 Å². The fourth-order valence-corrected chi connectivity index (χ4v) is 4.68. The standard InChI is InChI=1S/C31H25F2N7/c32-23-8-4-7-21(12-23)29-30-26(9-10-37-29)39-27(40-30)13-24-28(33)25(18-38-31(24)34)22-11-20(16-36-17-22)15-35-14-19-5-2-1-3-6-19/h1-12,16-18,35H,13-15H2,(H2,34,38)(H,39,40). The third kappa shape index (κ3) is 5.27. The van der Waals surface area contributed by atoms with Crippen LogP contribution in [0.2, 0.25) is 0 Å². The molecule has 4 heterocycles. The lowest BCUT2D eigenvalue weighted by Gasteiger charge is -2.11. The Hall–Kier alpha value is -5.02. The van der Waals surface area contributed by atoms with Crippen LogP contribution in [-0.4, -0.2) is 24.9 Å². The summed E-state index contributed by atoms with van der Waals surface area (Å²) in [4.78, 5) is 20.9. The lowest BCUT2D eigenvalue weighted by molar-refractivity contribution is 0.614. The van der Waals surface area contributed by atoms with Crippen LogP contribution in [0.15, 0.2) is 91.5 Å². The van der Waals surface area contributed by atoms with Crippen LogP contribution in [0.3, 0.4) is 0 Å². The summed E-state index contributed by atoms with van der Waals surface area (Å²) in [6.45, 7) is 1.29. The second-order valence-electron chi connectivity index (χ2n) is 9.45. The van der Waals surface area contributed by atoms with E-state index in [0.717, 1.165) is 5.56 Å². The summed E-state index contributed by atoms with van der Waals surface area (Å²) in [6, 6.07) is 19.9. The van der Waals surface area contributed by atoms with Crippen molar-refractivity contribution < 1.29 is 8.78 Å². The van der Waals surface area contributed by atoms with Gasteiger partial charge in [-0.1, -0.05) is 42.5 Å². The number of fused-ring (bicyclic) bond motifs is 1. The lowest BCUT2D eigenvalue weighted by atomic mass is 10.0. The molecule has 40 heavy (non-hydrogen) atoms. The topological polar surface area (TPSA) is 105 Å². The summed E-state index contributed by atoms with van der Waals surface area (Å²) in [5.74, 6) is -0.274. The number of rotatable bonds is 8. The predicted octanol–water partition coefficient (Wildman–Crippen LogP) is 5.82. The molecule has 9 heteroatoms. The van der Waals surface area contributed by atoms with Gasteiger partial charge >= 0.3 is 0 Å². The highest BCUT2D eigenvalue weighted by atomic mass is 19.1. The summed E-state index contributed by atoms with van der Waals surface area (Å²) in [5, 5.41) is 3.39. The fraction of sp³-hybridized carbons (Fsp3) is 0.0968. The first-order valence-corrected chi connectivity index (χ1v) is 12.8. The molecule has 0 aliphatic rings. The molecule has 0 saturated carbocycles. The van der Waals surface area contributed by atoms with Gasteiger partial charge in [0.2, 0.25) is 0 Å². The number of nitrogens with one attached hydrogen (secondary N) is 2. The molecule has 0 unspecified atom stereocenters. The molecule has 0 amide bonds. The number of anilines is 1. The molecule has 4 aromatic heterocycles. The van der Waals surface area contributed by atoms with Crippen LogP contribution in [-0.2, 0) is 19.5 Å². The number of nitrogens with zero attached hydrogens (tertiary/aromatic N) is 4. The fourth-order valence-electron chi connectivity index (χ4n) is 4.68. The van der Waals surface area contributed by atoms with E-state index in [0.29, 0.717) is 52.3 Å². The Morgan fingerprint density at radius 3 is 2.52 bits per heavy atom. The maximum absolute atomic E-state index is 15.9. The second-order valence-corrected chi connectivity index (χ2v) is 9.45. The Morgan fingerprint density at radius 1 is 0.825 bits per heavy atom. The monoisotopic (exact) mass is 533 g/mol. The number of imidazole rings is 1. The van der Waals surface area contributed by atoms with Gasteiger partial charge in [0.25, 0.3) is 0 Å². The lowest BCUT2D eigenvalue weighted by Crippen LogP contribution is -2.12. The summed E-state index contributed by atoms with van der Waals surface area (Å²) in [5.41, 5.74) is 11.7. The Kier molecular flexibility index (Phi) is 6.95. The molecular formula is C31H25F2N7. The number of hydrogen-bond acceptors (Lipinski definition) is 6. The number of benzene rings is 2. The highest BCUT2D eigenvalue weighted by Crippen LogP contribution is 2.30. The van der Waals surface area contributed by atoms with Crippen molar-refractivity contribution in [3.8, 4) is 22.4 Å². The number of aromatic nitrogens is 5. The van der Waals surface area contributed by atoms with Crippen LogP contribution in [0.25, 0.3) is 33.4 Å². The molecule has 0 aliphatic heterocycles. The average Bonchev–Trinajstić information content (AvgIpc) is 3.39. The van der Waals surface area contributed by atoms with Crippen LogP contribution >= 0.6 is 0 Å². The SMILES string of the molecule is Nc1ncc(-c2cncc(CNCc3ccccc3)c2)c(F)c1Cc1nc2c(-c3cccc(F)c3)nccc2[nH]1. The maximum Gasteiger partial charge on any atom is 0.139 e. The van der Waals surface area contributed by atoms with E-state index in [4.69, 9.17) is 5.73 Å². The van der Waals surface area contributed by atoms with Gasteiger partial charge in [-0.3, -0.25) is 9.97 Å². The van der Waals surface area contributed by atoms with Gasteiger partial charge in [0.15, 0.2) is 0 Å². The Labute approximate surface area is 229 Å². The van der Waals surface area contributed by atoms with Gasteiger partial charge in [-0.05, 0) is 35.4 Å². The van der Waals surface area contributed by atoms with Crippen molar-refractivity contribution >= 4 is 16.9 Å². The van der Waals surface area contributed by atoms with Gasteiger partial charge < -0.3 is 16.0 Å². The van der Waals surface area contributed by atoms with E-state index in [9.17, 15) is 4.39 Å². The minimum absolute atomic E-state index is 0.0822. The average molecular weight is 534 g/mol. The number of H-pyrrole nitrogens is 1. The predicted molar refractivity (Wildman–Crippen MR) is 151 cm³/mol. The van der Waals surface area contributed by atoms with Crippen LogP contribution in [0.5, 0.6) is 0 Å². The molecule has 0 aliphatic carbocycles. The molecule has 0 radical (unpaired) electrons. The van der Waals surface area contributed by atoms with Gasteiger partial charge in [-0.15, -0.1) is 0 Å². The van der Waals surface area contributed by atoms with Gasteiger partial charge in [0.05, 0.1) is 11.2 Å². The molecule has 4 N–H and O–H groups in total. The molecule has 2 aromatic carbocycles. The Bertz CT molecular complexity index is 1800. The van der Waals surface area contributed by atoms with Crippen molar-refractivity contribution in [3.05, 3.63) is 126 Å². The van der Waals surface area contributed by atoms with E-state index in [1.165, 1.54) is 23.9 Å². The summed E-state index contributed by atoms with van der Waals surface area (Å²) >= 11 is 0. The molecule has 0 atom stereocenters. The highest BCUT2D eigenvalue weighted by molar-refractivity contribution is 5.89.